The zero-order chi connectivity index (χ0) is 24.2. The molecule has 3 rings (SSSR count). The van der Waals surface area contributed by atoms with E-state index in [1.807, 2.05) is 13.8 Å². The van der Waals surface area contributed by atoms with E-state index in [9.17, 15) is 22.4 Å². The van der Waals surface area contributed by atoms with Crippen LogP contribution in [0.15, 0.2) is 53.4 Å². The molecular weight excluding hydrogens is 449 g/mol. The molecule has 1 fully saturated rings. The third-order valence-corrected chi connectivity index (χ3v) is 7.45. The molecule has 0 saturated carbocycles. The van der Waals surface area contributed by atoms with E-state index in [1.165, 1.54) is 29.6 Å². The monoisotopic (exact) mass is 477 g/mol. The Kier molecular flexibility index (Phi) is 7.70. The Hall–Kier alpha value is -2.98. The maximum absolute atomic E-state index is 13.5. The number of carbonyl (C=O) groups is 2. The van der Waals surface area contributed by atoms with Crippen LogP contribution >= 0.6 is 0 Å². The van der Waals surface area contributed by atoms with Gasteiger partial charge in [0.2, 0.25) is 15.9 Å². The van der Waals surface area contributed by atoms with Crippen molar-refractivity contribution in [2.24, 2.45) is 5.92 Å². The molecule has 1 heterocycles. The number of rotatable bonds is 7. The average molecular weight is 478 g/mol. The topological polar surface area (TPSA) is 96.0 Å². The number of sulfonamides is 1. The van der Waals surface area contributed by atoms with Gasteiger partial charge in [-0.25, -0.2) is 12.8 Å². The first-order chi connectivity index (χ1) is 15.6. The van der Waals surface area contributed by atoms with Crippen molar-refractivity contribution in [2.75, 3.05) is 33.3 Å². The number of nitrogens with zero attached hydrogens (tertiary/aromatic N) is 2. The highest BCUT2D eigenvalue weighted by atomic mass is 32.2. The lowest BCUT2D eigenvalue weighted by Gasteiger charge is -2.36. The Morgan fingerprint density at radius 1 is 1.03 bits per heavy atom. The van der Waals surface area contributed by atoms with E-state index in [0.29, 0.717) is 11.3 Å². The molecule has 0 spiro atoms. The fourth-order valence-electron chi connectivity index (χ4n) is 3.60. The molecule has 1 atom stereocenters. The molecule has 0 radical (unpaired) electrons. The second-order valence-electron chi connectivity index (χ2n) is 8.11. The number of nitrogens with one attached hydrogen (secondary N) is 1. The number of ether oxygens (including phenoxy) is 1. The molecule has 2 aromatic carbocycles. The minimum atomic E-state index is -3.86. The molecule has 2 amide bonds. The highest BCUT2D eigenvalue weighted by Crippen LogP contribution is 2.20. The van der Waals surface area contributed by atoms with Gasteiger partial charge in [-0.1, -0.05) is 19.9 Å². The van der Waals surface area contributed by atoms with E-state index in [2.05, 4.69) is 5.32 Å². The third-order valence-electron chi connectivity index (χ3n) is 5.56. The lowest BCUT2D eigenvalue weighted by atomic mass is 10.0. The summed E-state index contributed by atoms with van der Waals surface area (Å²) in [6.45, 7) is 4.19. The maximum atomic E-state index is 13.5. The Morgan fingerprint density at radius 3 is 2.21 bits per heavy atom. The summed E-state index contributed by atoms with van der Waals surface area (Å²) in [5, 5.41) is 2.80. The van der Waals surface area contributed by atoms with E-state index in [1.54, 1.807) is 29.2 Å². The minimum Gasteiger partial charge on any atom is -0.497 e. The molecule has 8 nitrogen and oxygen atoms in total. The van der Waals surface area contributed by atoms with Gasteiger partial charge in [0.05, 0.1) is 12.0 Å². The Morgan fingerprint density at radius 2 is 1.67 bits per heavy atom. The summed E-state index contributed by atoms with van der Waals surface area (Å²) in [5.74, 6) is -0.827. The van der Waals surface area contributed by atoms with E-state index >= 15 is 0 Å². The van der Waals surface area contributed by atoms with Gasteiger partial charge in [-0.2, -0.15) is 4.31 Å². The fourth-order valence-corrected chi connectivity index (χ4v) is 5.06. The molecule has 2 aromatic rings. The van der Waals surface area contributed by atoms with Gasteiger partial charge in [-0.3, -0.25) is 9.59 Å². The predicted molar refractivity (Wildman–Crippen MR) is 121 cm³/mol. The van der Waals surface area contributed by atoms with E-state index in [0.717, 1.165) is 6.07 Å². The van der Waals surface area contributed by atoms with Crippen LogP contribution in [0.2, 0.25) is 0 Å². The molecular formula is C23H28FN3O5S. The van der Waals surface area contributed by atoms with E-state index in [4.69, 9.17) is 4.74 Å². The first kappa shape index (κ1) is 24.7. The lowest BCUT2D eigenvalue weighted by molar-refractivity contribution is -0.135. The quantitative estimate of drug-likeness (QED) is 0.659. The van der Waals surface area contributed by atoms with Gasteiger partial charge in [0.25, 0.3) is 5.91 Å². The van der Waals surface area contributed by atoms with Gasteiger partial charge in [-0.15, -0.1) is 0 Å². The Bertz CT molecular complexity index is 1100. The molecule has 1 saturated heterocycles. The molecule has 0 aliphatic carbocycles. The van der Waals surface area contributed by atoms with E-state index < -0.39 is 21.9 Å². The predicted octanol–water partition coefficient (Wildman–Crippen LogP) is 2.12. The van der Waals surface area contributed by atoms with Crippen molar-refractivity contribution in [3.05, 3.63) is 59.9 Å². The second-order valence-corrected chi connectivity index (χ2v) is 10.0. The van der Waals surface area contributed by atoms with Crippen molar-refractivity contribution in [3.8, 4) is 5.75 Å². The molecule has 1 N–H and O–H groups in total. The number of carbonyl (C=O) groups excluding carboxylic acids is 2. The number of amides is 2. The molecule has 0 unspecified atom stereocenters. The maximum Gasteiger partial charge on any atom is 0.251 e. The Labute approximate surface area is 193 Å². The second kappa shape index (κ2) is 10.3. The molecule has 10 heteroatoms. The SMILES string of the molecule is COc1ccc(C(=O)N[C@H](C(=O)N2CCN(S(=O)(=O)c3cccc(F)c3)CC2)C(C)C)cc1. The summed E-state index contributed by atoms with van der Waals surface area (Å²) in [4.78, 5) is 27.3. The van der Waals surface area contributed by atoms with Crippen LogP contribution in [0.3, 0.4) is 0 Å². The van der Waals surface area contributed by atoms with Gasteiger partial charge >= 0.3 is 0 Å². The molecule has 1 aliphatic heterocycles. The number of piperazine rings is 1. The van der Waals surface area contributed by atoms with Crippen molar-refractivity contribution in [1.82, 2.24) is 14.5 Å². The van der Waals surface area contributed by atoms with Crippen LogP contribution in [0.1, 0.15) is 24.2 Å². The van der Waals surface area contributed by atoms with Gasteiger partial charge in [-0.05, 0) is 48.4 Å². The minimum absolute atomic E-state index is 0.0851. The van der Waals surface area contributed by atoms with Crippen molar-refractivity contribution in [1.29, 1.82) is 0 Å². The lowest BCUT2D eigenvalue weighted by Crippen LogP contribution is -2.57. The fraction of sp³-hybridized carbons (Fsp3) is 0.391. The zero-order valence-corrected chi connectivity index (χ0v) is 19.6. The highest BCUT2D eigenvalue weighted by molar-refractivity contribution is 7.89. The van der Waals surface area contributed by atoms with Crippen LogP contribution in [-0.4, -0.2) is 68.8 Å². The van der Waals surface area contributed by atoms with Crippen molar-refractivity contribution >= 4 is 21.8 Å². The number of hydrogen-bond acceptors (Lipinski definition) is 5. The number of halogens is 1. The van der Waals surface area contributed by atoms with Crippen molar-refractivity contribution < 1.29 is 27.1 Å². The molecule has 0 aromatic heterocycles. The van der Waals surface area contributed by atoms with Crippen LogP contribution in [0.5, 0.6) is 5.75 Å². The van der Waals surface area contributed by atoms with Crippen LogP contribution in [0.25, 0.3) is 0 Å². The van der Waals surface area contributed by atoms with Crippen LogP contribution in [0, 0.1) is 11.7 Å². The van der Waals surface area contributed by atoms with Crippen molar-refractivity contribution in [2.45, 2.75) is 24.8 Å². The van der Waals surface area contributed by atoms with Gasteiger partial charge in [0, 0.05) is 31.7 Å². The molecule has 33 heavy (non-hydrogen) atoms. The average Bonchev–Trinajstić information content (AvgIpc) is 2.82. The standard InChI is InChI=1S/C23H28FN3O5S/c1-16(2)21(25-22(28)17-7-9-19(32-3)10-8-17)23(29)26-11-13-27(14-12-26)33(30,31)20-6-4-5-18(24)15-20/h4-10,15-16,21H,11-14H2,1-3H3,(H,25,28)/t21-/m0/s1. The summed E-state index contributed by atoms with van der Waals surface area (Å²) < 4.78 is 45.4. The van der Waals surface area contributed by atoms with Crippen LogP contribution in [0.4, 0.5) is 4.39 Å². The number of hydrogen-bond donors (Lipinski definition) is 1. The third kappa shape index (κ3) is 5.69. The van der Waals surface area contributed by atoms with Crippen LogP contribution < -0.4 is 10.1 Å². The van der Waals surface area contributed by atoms with Gasteiger partial charge in [0.1, 0.15) is 17.6 Å². The first-order valence-electron chi connectivity index (χ1n) is 10.6. The highest BCUT2D eigenvalue weighted by Gasteiger charge is 2.34. The summed E-state index contributed by atoms with van der Waals surface area (Å²) in [6, 6.07) is 10.7. The first-order valence-corrected chi connectivity index (χ1v) is 12.1. The van der Waals surface area contributed by atoms with E-state index in [-0.39, 0.29) is 48.8 Å². The molecule has 178 valence electrons. The summed E-state index contributed by atoms with van der Waals surface area (Å²) in [6.07, 6.45) is 0. The smallest absolute Gasteiger partial charge is 0.251 e. The summed E-state index contributed by atoms with van der Waals surface area (Å²) >= 11 is 0. The number of benzene rings is 2. The zero-order valence-electron chi connectivity index (χ0n) is 18.8. The van der Waals surface area contributed by atoms with Gasteiger partial charge < -0.3 is 15.0 Å². The molecule has 0 bridgehead atoms. The number of methoxy groups -OCH3 is 1. The summed E-state index contributed by atoms with van der Waals surface area (Å²) in [5.41, 5.74) is 0.403. The van der Waals surface area contributed by atoms with Crippen molar-refractivity contribution in [3.63, 3.8) is 0 Å². The normalized spacial score (nSPS) is 15.8. The molecule has 1 aliphatic rings. The van der Waals surface area contributed by atoms with Crippen LogP contribution in [-0.2, 0) is 14.8 Å². The largest absolute Gasteiger partial charge is 0.497 e. The summed E-state index contributed by atoms with van der Waals surface area (Å²) in [7, 11) is -2.32. The van der Waals surface area contributed by atoms with Gasteiger partial charge in [0.15, 0.2) is 0 Å². The Balaban J connectivity index is 1.65.